The van der Waals surface area contributed by atoms with Gasteiger partial charge in [-0.15, -0.1) is 0 Å². The molecule has 4 heterocycles. The normalized spacial score (nSPS) is 24.2. The summed E-state index contributed by atoms with van der Waals surface area (Å²) in [4.78, 5) is 23.9. The molecule has 42 heavy (non-hydrogen) atoms. The minimum Gasteiger partial charge on any atom is -0.492 e. The van der Waals surface area contributed by atoms with Crippen LogP contribution in [0.25, 0.3) is 11.1 Å². The van der Waals surface area contributed by atoms with Crippen LogP contribution in [0.1, 0.15) is 31.2 Å². The SMILES string of the molecule is O=C1NC2(CCOc3cc(-c4ccc(F)cc4F)ccc3S(=O)(=O)N3C[C@H](O)C[C@@H]13)CCN(Cc1cncnc1)CC2. The van der Waals surface area contributed by atoms with Crippen molar-refractivity contribution < 1.29 is 31.8 Å². The zero-order chi connectivity index (χ0) is 29.5. The van der Waals surface area contributed by atoms with Crippen molar-refractivity contribution in [1.82, 2.24) is 24.5 Å². The van der Waals surface area contributed by atoms with Gasteiger partial charge in [-0.1, -0.05) is 6.07 Å². The molecule has 2 atom stereocenters. The molecule has 0 bridgehead atoms. The monoisotopic (exact) mass is 599 g/mol. The Balaban J connectivity index is 1.32. The summed E-state index contributed by atoms with van der Waals surface area (Å²) in [5.41, 5.74) is 0.730. The number of hydrogen-bond acceptors (Lipinski definition) is 8. The number of likely N-dealkylation sites (tertiary alicyclic amines) is 1. The molecule has 2 saturated heterocycles. The summed E-state index contributed by atoms with van der Waals surface area (Å²) >= 11 is 0. The van der Waals surface area contributed by atoms with Crippen molar-refractivity contribution in [2.75, 3.05) is 26.2 Å². The molecule has 2 N–H and O–H groups in total. The Morgan fingerprint density at radius 3 is 2.57 bits per heavy atom. The molecule has 2 fully saturated rings. The van der Waals surface area contributed by atoms with E-state index in [2.05, 4.69) is 20.2 Å². The quantitative estimate of drug-likeness (QED) is 0.471. The summed E-state index contributed by atoms with van der Waals surface area (Å²) in [6.45, 7) is 1.87. The first-order valence-electron chi connectivity index (χ1n) is 13.8. The molecule has 0 saturated carbocycles. The number of fused-ring (bicyclic) bond motifs is 2. The van der Waals surface area contributed by atoms with Crippen LogP contribution in [0.4, 0.5) is 8.78 Å². The molecular formula is C29H31F2N5O5S. The lowest BCUT2D eigenvalue weighted by Gasteiger charge is -2.43. The molecule has 1 spiro atoms. The molecule has 0 unspecified atom stereocenters. The fourth-order valence-corrected chi connectivity index (χ4v) is 7.84. The Morgan fingerprint density at radius 2 is 1.83 bits per heavy atom. The van der Waals surface area contributed by atoms with Crippen molar-refractivity contribution in [3.63, 3.8) is 0 Å². The standard InChI is InChI=1S/C29H31F2N5O5S/c30-21-2-3-23(24(31)12-21)20-1-4-27-26(11-20)41-10-7-29(5-8-35(9-6-29)16-19-14-32-18-33-15-19)34-28(38)25-13-22(37)17-36(25)42(27,39)40/h1-4,11-12,14-15,18,22,25,37H,5-10,13,16-17H2,(H,34,38)/t22-,25+/m1/s1. The number of aromatic nitrogens is 2. The number of piperidine rings is 1. The van der Waals surface area contributed by atoms with E-state index in [-0.39, 0.29) is 35.8 Å². The fraction of sp³-hybridized carbons (Fsp3) is 0.414. The number of aliphatic hydroxyl groups is 1. The van der Waals surface area contributed by atoms with Crippen LogP contribution in [-0.2, 0) is 21.4 Å². The molecule has 3 aliphatic heterocycles. The lowest BCUT2D eigenvalue weighted by molar-refractivity contribution is -0.127. The molecule has 3 aliphatic rings. The Bertz CT molecular complexity index is 1580. The number of carbonyl (C=O) groups excluding carboxylic acids is 1. The summed E-state index contributed by atoms with van der Waals surface area (Å²) < 4.78 is 63.0. The van der Waals surface area contributed by atoms with E-state index in [1.807, 2.05) is 0 Å². The predicted octanol–water partition coefficient (Wildman–Crippen LogP) is 2.48. The van der Waals surface area contributed by atoms with Gasteiger partial charge in [-0.3, -0.25) is 9.69 Å². The Hall–Kier alpha value is -3.52. The van der Waals surface area contributed by atoms with Gasteiger partial charge in [0.05, 0.1) is 12.7 Å². The largest absolute Gasteiger partial charge is 0.492 e. The van der Waals surface area contributed by atoms with E-state index in [4.69, 9.17) is 4.74 Å². The third-order valence-electron chi connectivity index (χ3n) is 8.37. The zero-order valence-electron chi connectivity index (χ0n) is 22.7. The molecule has 0 radical (unpaired) electrons. The topological polar surface area (TPSA) is 125 Å². The second kappa shape index (κ2) is 11.3. The smallest absolute Gasteiger partial charge is 0.247 e. The Labute approximate surface area is 242 Å². The van der Waals surface area contributed by atoms with Crippen molar-refractivity contribution in [2.24, 2.45) is 0 Å². The number of nitrogens with zero attached hydrogens (tertiary/aromatic N) is 4. The Kier molecular flexibility index (Phi) is 7.68. The summed E-state index contributed by atoms with van der Waals surface area (Å²) in [5, 5.41) is 13.6. The van der Waals surface area contributed by atoms with Crippen LogP contribution >= 0.6 is 0 Å². The molecule has 2 aromatic carbocycles. The van der Waals surface area contributed by atoms with Gasteiger partial charge in [0.15, 0.2) is 0 Å². The van der Waals surface area contributed by atoms with Crippen molar-refractivity contribution >= 4 is 15.9 Å². The van der Waals surface area contributed by atoms with Crippen LogP contribution < -0.4 is 10.1 Å². The Morgan fingerprint density at radius 1 is 1.07 bits per heavy atom. The summed E-state index contributed by atoms with van der Waals surface area (Å²) in [5.74, 6) is -1.97. The molecule has 222 valence electrons. The van der Waals surface area contributed by atoms with Crippen LogP contribution in [0.2, 0.25) is 0 Å². The lowest BCUT2D eigenvalue weighted by Crippen LogP contribution is -2.59. The number of benzene rings is 2. The average molecular weight is 600 g/mol. The first-order chi connectivity index (χ1) is 20.1. The number of aliphatic hydroxyl groups excluding tert-OH is 1. The van der Waals surface area contributed by atoms with Gasteiger partial charge in [-0.25, -0.2) is 27.2 Å². The van der Waals surface area contributed by atoms with E-state index in [9.17, 15) is 27.1 Å². The molecule has 1 aromatic heterocycles. The highest BCUT2D eigenvalue weighted by Crippen LogP contribution is 2.38. The first kappa shape index (κ1) is 28.6. The summed E-state index contributed by atoms with van der Waals surface area (Å²) in [6, 6.07) is 6.23. The first-order valence-corrected chi connectivity index (χ1v) is 15.3. The van der Waals surface area contributed by atoms with Gasteiger partial charge in [0.25, 0.3) is 0 Å². The number of carbonyl (C=O) groups is 1. The molecular weight excluding hydrogens is 568 g/mol. The van der Waals surface area contributed by atoms with E-state index in [1.54, 1.807) is 12.4 Å². The van der Waals surface area contributed by atoms with Crippen molar-refractivity contribution in [3.8, 4) is 16.9 Å². The maximum absolute atomic E-state index is 14.6. The number of ether oxygens (including phenoxy) is 1. The molecule has 6 rings (SSSR count). The minimum atomic E-state index is -4.29. The van der Waals surface area contributed by atoms with Crippen LogP contribution in [0, 0.1) is 11.6 Å². The number of nitrogens with one attached hydrogen (secondary N) is 1. The highest BCUT2D eigenvalue weighted by atomic mass is 32.2. The third-order valence-corrected chi connectivity index (χ3v) is 10.3. The predicted molar refractivity (Wildman–Crippen MR) is 148 cm³/mol. The summed E-state index contributed by atoms with van der Waals surface area (Å²) in [7, 11) is -4.29. The van der Waals surface area contributed by atoms with Crippen LogP contribution in [-0.4, -0.2) is 82.5 Å². The van der Waals surface area contributed by atoms with Crippen molar-refractivity contribution in [1.29, 1.82) is 0 Å². The number of hydrogen-bond donors (Lipinski definition) is 2. The highest BCUT2D eigenvalue weighted by molar-refractivity contribution is 7.89. The second-order valence-electron chi connectivity index (χ2n) is 11.2. The van der Waals surface area contributed by atoms with E-state index < -0.39 is 45.2 Å². The van der Waals surface area contributed by atoms with Gasteiger partial charge in [0.1, 0.15) is 34.6 Å². The van der Waals surface area contributed by atoms with Gasteiger partial charge in [0, 0.05) is 74.1 Å². The van der Waals surface area contributed by atoms with Crippen LogP contribution in [0.5, 0.6) is 5.75 Å². The lowest BCUT2D eigenvalue weighted by atomic mass is 9.84. The molecule has 3 aromatic rings. The number of rotatable bonds is 3. The van der Waals surface area contributed by atoms with Gasteiger partial charge < -0.3 is 15.2 Å². The van der Waals surface area contributed by atoms with E-state index >= 15 is 0 Å². The fourth-order valence-electron chi connectivity index (χ4n) is 6.09. The number of halogens is 2. The van der Waals surface area contributed by atoms with Gasteiger partial charge in [-0.05, 0) is 42.7 Å². The zero-order valence-corrected chi connectivity index (χ0v) is 23.6. The van der Waals surface area contributed by atoms with Crippen molar-refractivity contribution in [2.45, 2.75) is 54.8 Å². The van der Waals surface area contributed by atoms with Crippen molar-refractivity contribution in [3.05, 3.63) is 72.3 Å². The van der Waals surface area contributed by atoms with Gasteiger partial charge >= 0.3 is 0 Å². The molecule has 0 aliphatic carbocycles. The molecule has 1 amide bonds. The maximum Gasteiger partial charge on any atom is 0.247 e. The average Bonchev–Trinajstić information content (AvgIpc) is 3.37. The highest BCUT2D eigenvalue weighted by Gasteiger charge is 2.47. The van der Waals surface area contributed by atoms with Gasteiger partial charge in [0.2, 0.25) is 15.9 Å². The molecule has 10 nitrogen and oxygen atoms in total. The number of sulfonamides is 1. The third kappa shape index (κ3) is 5.61. The van der Waals surface area contributed by atoms with E-state index in [1.165, 1.54) is 30.6 Å². The van der Waals surface area contributed by atoms with Gasteiger partial charge in [-0.2, -0.15) is 4.31 Å². The van der Waals surface area contributed by atoms with E-state index in [0.717, 1.165) is 22.0 Å². The maximum atomic E-state index is 14.6. The molecule has 13 heteroatoms. The number of amides is 1. The van der Waals surface area contributed by atoms with Crippen LogP contribution in [0.3, 0.4) is 0 Å². The second-order valence-corrected chi connectivity index (χ2v) is 13.0. The van der Waals surface area contributed by atoms with Crippen LogP contribution in [0.15, 0.2) is 60.0 Å². The van der Waals surface area contributed by atoms with E-state index in [0.29, 0.717) is 44.5 Å². The minimum absolute atomic E-state index is 0.00220. The summed E-state index contributed by atoms with van der Waals surface area (Å²) in [6.07, 6.45) is 5.58.